The zero-order chi connectivity index (χ0) is 20.5. The van der Waals surface area contributed by atoms with E-state index in [-0.39, 0.29) is 10.8 Å². The lowest BCUT2D eigenvalue weighted by atomic mass is 10.1. The molecule has 1 fully saturated rings. The van der Waals surface area contributed by atoms with Crippen LogP contribution in [0.4, 0.5) is 11.4 Å². The molecule has 0 aromatic heterocycles. The Labute approximate surface area is 170 Å². The smallest absolute Gasteiger partial charge is 0.262 e. The number of anilines is 2. The highest BCUT2D eigenvalue weighted by Crippen LogP contribution is 2.34. The summed E-state index contributed by atoms with van der Waals surface area (Å²) in [6.45, 7) is 4.09. The lowest BCUT2D eigenvalue weighted by molar-refractivity contribution is -0.119. The molecule has 1 N–H and O–H groups in total. The van der Waals surface area contributed by atoms with Crippen LogP contribution in [0.3, 0.4) is 0 Å². The van der Waals surface area contributed by atoms with E-state index in [2.05, 4.69) is 4.72 Å². The molecular weight excluding hydrogens is 400 g/mol. The second kappa shape index (κ2) is 8.01. The van der Waals surface area contributed by atoms with Crippen LogP contribution in [0.2, 0.25) is 5.02 Å². The Morgan fingerprint density at radius 2 is 1.86 bits per heavy atom. The van der Waals surface area contributed by atoms with E-state index in [9.17, 15) is 13.2 Å². The van der Waals surface area contributed by atoms with Gasteiger partial charge in [0.05, 0.1) is 23.4 Å². The number of hydrogen-bond acceptors (Lipinski definition) is 4. The first-order chi connectivity index (χ1) is 13.2. The van der Waals surface area contributed by atoms with E-state index in [1.807, 2.05) is 0 Å². The normalized spacial score (nSPS) is 14.9. The van der Waals surface area contributed by atoms with Gasteiger partial charge in [0.15, 0.2) is 0 Å². The second-order valence-electron chi connectivity index (χ2n) is 6.86. The standard InChI is InChI=1S/C20H23ClN2O4S/c1-13-11-19(14(2)10-16(13)21)28(25,26)22-15-7-8-17(18(12-15)27-3)23-9-5-4-6-20(23)24/h7-8,10-12,22H,4-6,9H2,1-3H3. The molecule has 1 saturated heterocycles. The number of nitrogens with zero attached hydrogens (tertiary/aromatic N) is 1. The van der Waals surface area contributed by atoms with E-state index >= 15 is 0 Å². The maximum absolute atomic E-state index is 12.9. The van der Waals surface area contributed by atoms with Crippen molar-refractivity contribution < 1.29 is 17.9 Å². The number of sulfonamides is 1. The zero-order valence-corrected chi connectivity index (χ0v) is 17.7. The second-order valence-corrected chi connectivity index (χ2v) is 8.92. The van der Waals surface area contributed by atoms with Crippen molar-refractivity contribution in [1.82, 2.24) is 0 Å². The number of ether oxygens (including phenoxy) is 1. The van der Waals surface area contributed by atoms with Crippen molar-refractivity contribution in [2.75, 3.05) is 23.3 Å². The molecule has 1 aliphatic rings. The number of aryl methyl sites for hydroxylation is 2. The summed E-state index contributed by atoms with van der Waals surface area (Å²) in [5, 5.41) is 0.522. The minimum Gasteiger partial charge on any atom is -0.494 e. The number of methoxy groups -OCH3 is 1. The fraction of sp³-hybridized carbons (Fsp3) is 0.350. The predicted molar refractivity (Wildman–Crippen MR) is 111 cm³/mol. The van der Waals surface area contributed by atoms with Gasteiger partial charge in [-0.15, -0.1) is 0 Å². The lowest BCUT2D eigenvalue weighted by Crippen LogP contribution is -2.35. The molecule has 28 heavy (non-hydrogen) atoms. The summed E-state index contributed by atoms with van der Waals surface area (Å²) in [5.41, 5.74) is 2.25. The Morgan fingerprint density at radius 3 is 2.54 bits per heavy atom. The number of rotatable bonds is 5. The van der Waals surface area contributed by atoms with Crippen molar-refractivity contribution in [2.24, 2.45) is 0 Å². The molecule has 1 amide bonds. The van der Waals surface area contributed by atoms with E-state index in [1.165, 1.54) is 7.11 Å². The molecule has 2 aromatic carbocycles. The maximum Gasteiger partial charge on any atom is 0.262 e. The van der Waals surface area contributed by atoms with Crippen LogP contribution < -0.4 is 14.4 Å². The monoisotopic (exact) mass is 422 g/mol. The first-order valence-corrected chi connectivity index (χ1v) is 10.9. The van der Waals surface area contributed by atoms with Gasteiger partial charge in [0, 0.05) is 24.1 Å². The number of carbonyl (C=O) groups excluding carboxylic acids is 1. The molecule has 2 aromatic rings. The van der Waals surface area contributed by atoms with Crippen LogP contribution in [0.1, 0.15) is 30.4 Å². The minimum absolute atomic E-state index is 0.0464. The van der Waals surface area contributed by atoms with Crippen molar-refractivity contribution in [3.8, 4) is 5.75 Å². The van der Waals surface area contributed by atoms with Gasteiger partial charge in [-0.1, -0.05) is 11.6 Å². The van der Waals surface area contributed by atoms with E-state index in [0.29, 0.717) is 46.2 Å². The summed E-state index contributed by atoms with van der Waals surface area (Å²) >= 11 is 6.07. The number of carbonyl (C=O) groups is 1. The topological polar surface area (TPSA) is 75.7 Å². The molecular formula is C20H23ClN2O4S. The van der Waals surface area contributed by atoms with Gasteiger partial charge in [-0.25, -0.2) is 8.42 Å². The largest absolute Gasteiger partial charge is 0.494 e. The van der Waals surface area contributed by atoms with E-state index in [1.54, 1.807) is 49.1 Å². The van der Waals surface area contributed by atoms with Crippen LogP contribution >= 0.6 is 11.6 Å². The average Bonchev–Trinajstić information content (AvgIpc) is 2.64. The van der Waals surface area contributed by atoms with Crippen molar-refractivity contribution in [2.45, 2.75) is 38.0 Å². The highest BCUT2D eigenvalue weighted by molar-refractivity contribution is 7.92. The van der Waals surface area contributed by atoms with E-state index < -0.39 is 10.0 Å². The quantitative estimate of drug-likeness (QED) is 0.780. The number of piperidine rings is 1. The highest BCUT2D eigenvalue weighted by Gasteiger charge is 2.24. The van der Waals surface area contributed by atoms with Crippen LogP contribution in [-0.4, -0.2) is 28.0 Å². The Hall–Kier alpha value is -2.25. The zero-order valence-electron chi connectivity index (χ0n) is 16.1. The van der Waals surface area contributed by atoms with Gasteiger partial charge in [0.2, 0.25) is 5.91 Å². The average molecular weight is 423 g/mol. The summed E-state index contributed by atoms with van der Waals surface area (Å²) in [4.78, 5) is 14.1. The Balaban J connectivity index is 1.92. The van der Waals surface area contributed by atoms with E-state index in [0.717, 1.165) is 12.8 Å². The number of halogens is 1. The van der Waals surface area contributed by atoms with Crippen LogP contribution in [0.15, 0.2) is 35.2 Å². The third-order valence-electron chi connectivity index (χ3n) is 4.79. The van der Waals surface area contributed by atoms with Crippen molar-refractivity contribution in [3.63, 3.8) is 0 Å². The molecule has 1 aliphatic heterocycles. The van der Waals surface area contributed by atoms with Gasteiger partial charge >= 0.3 is 0 Å². The SMILES string of the molecule is COc1cc(NS(=O)(=O)c2cc(C)c(Cl)cc2C)ccc1N1CCCCC1=O. The summed E-state index contributed by atoms with van der Waals surface area (Å²) in [5.74, 6) is 0.490. The van der Waals surface area contributed by atoms with Crippen LogP contribution in [0, 0.1) is 13.8 Å². The lowest BCUT2D eigenvalue weighted by Gasteiger charge is -2.28. The molecule has 0 atom stereocenters. The summed E-state index contributed by atoms with van der Waals surface area (Å²) in [6.07, 6.45) is 2.32. The molecule has 3 rings (SSSR count). The minimum atomic E-state index is -3.80. The highest BCUT2D eigenvalue weighted by atomic mass is 35.5. The number of nitrogens with one attached hydrogen (secondary N) is 1. The molecule has 0 bridgehead atoms. The number of benzene rings is 2. The van der Waals surface area contributed by atoms with Gasteiger partial charge < -0.3 is 9.64 Å². The molecule has 6 nitrogen and oxygen atoms in total. The Morgan fingerprint density at radius 1 is 1.11 bits per heavy atom. The van der Waals surface area contributed by atoms with Crippen LogP contribution in [0.5, 0.6) is 5.75 Å². The first kappa shape index (κ1) is 20.5. The molecule has 0 aliphatic carbocycles. The van der Waals surface area contributed by atoms with E-state index in [4.69, 9.17) is 16.3 Å². The van der Waals surface area contributed by atoms with Crippen LogP contribution in [-0.2, 0) is 14.8 Å². The first-order valence-electron chi connectivity index (χ1n) is 9.01. The molecule has 150 valence electrons. The van der Waals surface area contributed by atoms with Gasteiger partial charge in [0.1, 0.15) is 5.75 Å². The van der Waals surface area contributed by atoms with Crippen molar-refractivity contribution >= 4 is 38.9 Å². The summed E-state index contributed by atoms with van der Waals surface area (Å²) in [7, 11) is -2.30. The number of hydrogen-bond donors (Lipinski definition) is 1. The molecule has 0 unspecified atom stereocenters. The molecule has 1 heterocycles. The summed E-state index contributed by atoms with van der Waals surface area (Å²) < 4.78 is 33.7. The number of amides is 1. The molecule has 0 radical (unpaired) electrons. The van der Waals surface area contributed by atoms with Gasteiger partial charge in [0.25, 0.3) is 10.0 Å². The third kappa shape index (κ3) is 4.10. The van der Waals surface area contributed by atoms with Crippen molar-refractivity contribution in [1.29, 1.82) is 0 Å². The Kier molecular flexibility index (Phi) is 5.86. The van der Waals surface area contributed by atoms with Gasteiger partial charge in [-0.3, -0.25) is 9.52 Å². The third-order valence-corrected chi connectivity index (χ3v) is 6.72. The maximum atomic E-state index is 12.9. The molecule has 0 spiro atoms. The van der Waals surface area contributed by atoms with Crippen LogP contribution in [0.25, 0.3) is 0 Å². The molecule has 8 heteroatoms. The van der Waals surface area contributed by atoms with Gasteiger partial charge in [-0.2, -0.15) is 0 Å². The predicted octanol–water partition coefficient (Wildman–Crippen LogP) is 4.28. The molecule has 0 saturated carbocycles. The fourth-order valence-electron chi connectivity index (χ4n) is 3.28. The van der Waals surface area contributed by atoms with Crippen molar-refractivity contribution in [3.05, 3.63) is 46.5 Å². The van der Waals surface area contributed by atoms with Gasteiger partial charge in [-0.05, 0) is 62.1 Å². The Bertz CT molecular complexity index is 1020. The fourth-order valence-corrected chi connectivity index (χ4v) is 4.86. The summed E-state index contributed by atoms with van der Waals surface area (Å²) in [6, 6.07) is 8.12.